The summed E-state index contributed by atoms with van der Waals surface area (Å²) >= 11 is 5.88. The molecule has 3 aromatic rings. The highest BCUT2D eigenvalue weighted by Crippen LogP contribution is 2.26. The van der Waals surface area contributed by atoms with Crippen molar-refractivity contribution in [2.45, 2.75) is 33.1 Å². The van der Waals surface area contributed by atoms with Gasteiger partial charge in [0.15, 0.2) is 0 Å². The van der Waals surface area contributed by atoms with Gasteiger partial charge in [0.1, 0.15) is 5.82 Å². The fourth-order valence-corrected chi connectivity index (χ4v) is 3.13. The Morgan fingerprint density at radius 1 is 1.06 bits per heavy atom. The molecule has 31 heavy (non-hydrogen) atoms. The SMILES string of the molecule is Cc1ccc(-n2nc(C(C)(C)C)cc2NC(=O)CN(C)C(=O)c2ccc(Cl)cc2)cc1. The number of nitrogens with zero attached hydrogens (tertiary/aromatic N) is 3. The molecule has 0 spiro atoms. The van der Waals surface area contributed by atoms with Crippen molar-refractivity contribution < 1.29 is 9.59 Å². The maximum atomic E-state index is 12.7. The molecule has 0 atom stereocenters. The van der Waals surface area contributed by atoms with E-state index in [1.54, 1.807) is 36.0 Å². The van der Waals surface area contributed by atoms with E-state index in [4.69, 9.17) is 16.7 Å². The number of carbonyl (C=O) groups is 2. The Balaban J connectivity index is 1.79. The zero-order valence-electron chi connectivity index (χ0n) is 18.4. The van der Waals surface area contributed by atoms with Crippen molar-refractivity contribution in [2.24, 2.45) is 0 Å². The zero-order valence-corrected chi connectivity index (χ0v) is 19.2. The highest BCUT2D eigenvalue weighted by Gasteiger charge is 2.22. The van der Waals surface area contributed by atoms with Crippen molar-refractivity contribution in [1.82, 2.24) is 14.7 Å². The molecular formula is C24H27ClN4O2. The highest BCUT2D eigenvalue weighted by atomic mass is 35.5. The van der Waals surface area contributed by atoms with Crippen molar-refractivity contribution in [1.29, 1.82) is 0 Å². The number of hydrogen-bond acceptors (Lipinski definition) is 3. The molecule has 0 aliphatic carbocycles. The normalized spacial score (nSPS) is 11.3. The Morgan fingerprint density at radius 2 is 1.68 bits per heavy atom. The van der Waals surface area contributed by atoms with Crippen LogP contribution in [0.15, 0.2) is 54.6 Å². The number of halogens is 1. The third kappa shape index (κ3) is 5.52. The van der Waals surface area contributed by atoms with E-state index >= 15 is 0 Å². The lowest BCUT2D eigenvalue weighted by atomic mass is 9.92. The second-order valence-corrected chi connectivity index (χ2v) is 9.06. The predicted octanol–water partition coefficient (Wildman–Crippen LogP) is 4.84. The maximum Gasteiger partial charge on any atom is 0.254 e. The third-order valence-corrected chi connectivity index (χ3v) is 5.09. The molecule has 1 heterocycles. The molecule has 0 radical (unpaired) electrons. The Kier molecular flexibility index (Phi) is 6.51. The second-order valence-electron chi connectivity index (χ2n) is 8.63. The fraction of sp³-hybridized carbons (Fsp3) is 0.292. The van der Waals surface area contributed by atoms with Crippen LogP contribution in [-0.4, -0.2) is 40.1 Å². The summed E-state index contributed by atoms with van der Waals surface area (Å²) in [5, 5.41) is 8.17. The minimum absolute atomic E-state index is 0.0919. The van der Waals surface area contributed by atoms with Gasteiger partial charge in [0, 0.05) is 29.1 Å². The second kappa shape index (κ2) is 8.94. The van der Waals surface area contributed by atoms with Gasteiger partial charge in [-0.1, -0.05) is 50.1 Å². The van der Waals surface area contributed by atoms with Crippen LogP contribution in [0.5, 0.6) is 0 Å². The molecule has 1 aromatic heterocycles. The molecule has 0 bridgehead atoms. The molecule has 0 unspecified atom stereocenters. The summed E-state index contributed by atoms with van der Waals surface area (Å²) in [7, 11) is 1.59. The number of hydrogen-bond donors (Lipinski definition) is 1. The molecule has 1 N–H and O–H groups in total. The standard InChI is InChI=1S/C24H27ClN4O2/c1-16-6-12-19(13-7-16)29-21(14-20(27-29)24(2,3)4)26-22(30)15-28(5)23(31)17-8-10-18(25)11-9-17/h6-14H,15H2,1-5H3,(H,26,30). The Bertz CT molecular complexity index is 1080. The van der Waals surface area contributed by atoms with E-state index in [0.29, 0.717) is 16.4 Å². The van der Waals surface area contributed by atoms with Crippen molar-refractivity contribution >= 4 is 29.2 Å². The number of likely N-dealkylation sites (N-methyl/N-ethyl adjacent to an activating group) is 1. The van der Waals surface area contributed by atoms with Gasteiger partial charge < -0.3 is 10.2 Å². The average Bonchev–Trinajstić information content (AvgIpc) is 3.12. The lowest BCUT2D eigenvalue weighted by Gasteiger charge is -2.17. The first kappa shape index (κ1) is 22.6. The van der Waals surface area contributed by atoms with E-state index in [2.05, 4.69) is 26.1 Å². The van der Waals surface area contributed by atoms with Gasteiger partial charge >= 0.3 is 0 Å². The Labute approximate surface area is 187 Å². The number of benzene rings is 2. The third-order valence-electron chi connectivity index (χ3n) is 4.84. The molecule has 7 heteroatoms. The van der Waals surface area contributed by atoms with Crippen LogP contribution in [-0.2, 0) is 10.2 Å². The van der Waals surface area contributed by atoms with Crippen molar-refractivity contribution in [3.05, 3.63) is 76.4 Å². The van der Waals surface area contributed by atoms with Crippen LogP contribution in [0.1, 0.15) is 42.4 Å². The number of nitrogens with one attached hydrogen (secondary N) is 1. The summed E-state index contributed by atoms with van der Waals surface area (Å²) in [5.41, 5.74) is 3.13. The largest absolute Gasteiger partial charge is 0.332 e. The summed E-state index contributed by atoms with van der Waals surface area (Å²) in [4.78, 5) is 26.7. The van der Waals surface area contributed by atoms with E-state index in [-0.39, 0.29) is 23.8 Å². The van der Waals surface area contributed by atoms with E-state index in [1.165, 1.54) is 4.90 Å². The van der Waals surface area contributed by atoms with Gasteiger partial charge in [0.05, 0.1) is 17.9 Å². The molecule has 0 fully saturated rings. The van der Waals surface area contributed by atoms with Gasteiger partial charge in [0.25, 0.3) is 5.91 Å². The number of anilines is 1. The van der Waals surface area contributed by atoms with E-state index in [0.717, 1.165) is 16.9 Å². The minimum atomic E-state index is -0.307. The van der Waals surface area contributed by atoms with Crippen LogP contribution in [0.3, 0.4) is 0 Å². The molecule has 6 nitrogen and oxygen atoms in total. The van der Waals surface area contributed by atoms with Crippen molar-refractivity contribution in [3.8, 4) is 5.69 Å². The number of rotatable bonds is 5. The number of aromatic nitrogens is 2. The quantitative estimate of drug-likeness (QED) is 0.619. The Hall–Kier alpha value is -3.12. The van der Waals surface area contributed by atoms with E-state index in [1.807, 2.05) is 37.3 Å². The lowest BCUT2D eigenvalue weighted by Crippen LogP contribution is -2.35. The predicted molar refractivity (Wildman–Crippen MR) is 124 cm³/mol. The number of aryl methyl sites for hydroxylation is 1. The monoisotopic (exact) mass is 438 g/mol. The fourth-order valence-electron chi connectivity index (χ4n) is 3.00. The average molecular weight is 439 g/mol. The molecule has 2 aromatic carbocycles. The van der Waals surface area contributed by atoms with Crippen LogP contribution in [0, 0.1) is 6.92 Å². The first-order chi connectivity index (χ1) is 14.5. The number of amides is 2. The highest BCUT2D eigenvalue weighted by molar-refractivity contribution is 6.30. The molecule has 3 rings (SSSR count). The summed E-state index contributed by atoms with van der Waals surface area (Å²) < 4.78 is 1.72. The van der Waals surface area contributed by atoms with Crippen LogP contribution >= 0.6 is 11.6 Å². The number of carbonyl (C=O) groups excluding carboxylic acids is 2. The zero-order chi connectivity index (χ0) is 22.8. The topological polar surface area (TPSA) is 67.2 Å². The van der Waals surface area contributed by atoms with Gasteiger partial charge in [-0.2, -0.15) is 5.10 Å². The van der Waals surface area contributed by atoms with Crippen LogP contribution in [0.4, 0.5) is 5.82 Å². The summed E-state index contributed by atoms with van der Waals surface area (Å²) in [6.45, 7) is 8.13. The molecular weight excluding hydrogens is 412 g/mol. The smallest absolute Gasteiger partial charge is 0.254 e. The maximum absolute atomic E-state index is 12.7. The first-order valence-corrected chi connectivity index (χ1v) is 10.4. The van der Waals surface area contributed by atoms with Crippen molar-refractivity contribution in [3.63, 3.8) is 0 Å². The van der Waals surface area contributed by atoms with Crippen LogP contribution in [0.25, 0.3) is 5.69 Å². The van der Waals surface area contributed by atoms with Gasteiger partial charge in [-0.3, -0.25) is 9.59 Å². The minimum Gasteiger partial charge on any atom is -0.332 e. The van der Waals surface area contributed by atoms with Gasteiger partial charge in [0.2, 0.25) is 5.91 Å². The van der Waals surface area contributed by atoms with Gasteiger partial charge in [-0.05, 0) is 43.3 Å². The molecule has 2 amide bonds. The molecule has 162 valence electrons. The molecule has 0 saturated heterocycles. The summed E-state index contributed by atoms with van der Waals surface area (Å²) in [6, 6.07) is 16.4. The van der Waals surface area contributed by atoms with E-state index in [9.17, 15) is 9.59 Å². The van der Waals surface area contributed by atoms with Gasteiger partial charge in [-0.15, -0.1) is 0 Å². The molecule has 0 saturated carbocycles. The summed E-state index contributed by atoms with van der Waals surface area (Å²) in [5.74, 6) is -0.00102. The Morgan fingerprint density at radius 3 is 2.26 bits per heavy atom. The summed E-state index contributed by atoms with van der Waals surface area (Å²) in [6.07, 6.45) is 0. The van der Waals surface area contributed by atoms with Gasteiger partial charge in [-0.25, -0.2) is 4.68 Å². The van der Waals surface area contributed by atoms with E-state index < -0.39 is 0 Å². The lowest BCUT2D eigenvalue weighted by molar-refractivity contribution is -0.116. The molecule has 0 aliphatic heterocycles. The van der Waals surface area contributed by atoms with Crippen LogP contribution < -0.4 is 5.32 Å². The first-order valence-electron chi connectivity index (χ1n) is 10.0. The molecule has 0 aliphatic rings. The van der Waals surface area contributed by atoms with Crippen LogP contribution in [0.2, 0.25) is 5.02 Å². The van der Waals surface area contributed by atoms with Crippen molar-refractivity contribution in [2.75, 3.05) is 18.9 Å².